The number of hydrogen-bond donors (Lipinski definition) is 2. The number of likely N-dealkylation sites (N-methyl/N-ethyl adjacent to an activating group) is 1. The average molecular weight is 214 g/mol. The van der Waals surface area contributed by atoms with Crippen molar-refractivity contribution in [3.8, 4) is 0 Å². The maximum Gasteiger partial charge on any atom is 0.0635 e. The monoisotopic (exact) mass is 214 g/mol. The topological polar surface area (TPSA) is 42.5 Å². The van der Waals surface area contributed by atoms with E-state index >= 15 is 0 Å². The lowest BCUT2D eigenvalue weighted by atomic mass is 9.87. The molecule has 15 heavy (non-hydrogen) atoms. The van der Waals surface area contributed by atoms with Gasteiger partial charge in [0.05, 0.1) is 13.2 Å². The normalized spacial score (nSPS) is 31.4. The van der Waals surface area contributed by atoms with Gasteiger partial charge in [-0.25, -0.2) is 0 Å². The largest absolute Gasteiger partial charge is 0.381 e. The second kappa shape index (κ2) is 5.80. The highest BCUT2D eigenvalue weighted by atomic mass is 16.5. The predicted molar refractivity (Wildman–Crippen MR) is 59.0 cm³/mol. The number of nitrogens with one attached hydrogen (secondary N) is 2. The Balaban J connectivity index is 1.88. The molecule has 0 aromatic heterocycles. The maximum absolute atomic E-state index is 5.52. The van der Waals surface area contributed by atoms with Gasteiger partial charge in [0, 0.05) is 31.8 Å². The molecule has 2 fully saturated rings. The van der Waals surface area contributed by atoms with Crippen LogP contribution in [0.15, 0.2) is 0 Å². The lowest BCUT2D eigenvalue weighted by Gasteiger charge is -2.37. The molecule has 2 unspecified atom stereocenters. The molecular weight excluding hydrogens is 192 g/mol. The molecular formula is C11H22N2O2. The van der Waals surface area contributed by atoms with E-state index in [1.54, 1.807) is 0 Å². The van der Waals surface area contributed by atoms with Crippen LogP contribution in [0.4, 0.5) is 0 Å². The summed E-state index contributed by atoms with van der Waals surface area (Å²) in [6, 6.07) is 0.987. The van der Waals surface area contributed by atoms with Crippen LogP contribution in [-0.2, 0) is 9.47 Å². The van der Waals surface area contributed by atoms with Crippen LogP contribution in [0.2, 0.25) is 0 Å². The molecule has 0 radical (unpaired) electrons. The third-order valence-corrected chi connectivity index (χ3v) is 3.49. The predicted octanol–water partition coefficient (Wildman–Crippen LogP) is -0.0106. The summed E-state index contributed by atoms with van der Waals surface area (Å²) in [5, 5.41) is 6.98. The van der Waals surface area contributed by atoms with Crippen molar-refractivity contribution in [3.05, 3.63) is 0 Å². The van der Waals surface area contributed by atoms with Crippen molar-refractivity contribution in [2.75, 3.05) is 40.0 Å². The van der Waals surface area contributed by atoms with E-state index in [0.29, 0.717) is 12.1 Å². The molecule has 2 rings (SSSR count). The SMILES string of the molecule is CNC(C1CCOCC1)C1COCCN1. The first-order chi connectivity index (χ1) is 7.42. The van der Waals surface area contributed by atoms with Crippen LogP contribution in [0, 0.1) is 5.92 Å². The summed E-state index contributed by atoms with van der Waals surface area (Å²) < 4.78 is 10.9. The fourth-order valence-corrected chi connectivity index (χ4v) is 2.66. The third-order valence-electron chi connectivity index (χ3n) is 3.49. The molecule has 0 amide bonds. The van der Waals surface area contributed by atoms with Crippen molar-refractivity contribution in [1.29, 1.82) is 0 Å². The summed E-state index contributed by atoms with van der Waals surface area (Å²) in [7, 11) is 2.05. The van der Waals surface area contributed by atoms with Gasteiger partial charge in [-0.15, -0.1) is 0 Å². The van der Waals surface area contributed by atoms with E-state index in [2.05, 4.69) is 17.7 Å². The van der Waals surface area contributed by atoms with Gasteiger partial charge in [0.25, 0.3) is 0 Å². The van der Waals surface area contributed by atoms with E-state index < -0.39 is 0 Å². The first kappa shape index (κ1) is 11.3. The number of rotatable bonds is 3. The molecule has 0 aromatic carbocycles. The van der Waals surface area contributed by atoms with E-state index in [4.69, 9.17) is 9.47 Å². The Morgan fingerprint density at radius 2 is 2.00 bits per heavy atom. The number of hydrogen-bond acceptors (Lipinski definition) is 4. The molecule has 0 bridgehead atoms. The van der Waals surface area contributed by atoms with Gasteiger partial charge in [0.15, 0.2) is 0 Å². The highest BCUT2D eigenvalue weighted by molar-refractivity contribution is 4.89. The van der Waals surface area contributed by atoms with Crippen molar-refractivity contribution in [2.24, 2.45) is 5.92 Å². The summed E-state index contributed by atoms with van der Waals surface area (Å²) in [6.45, 7) is 4.49. The van der Waals surface area contributed by atoms with Crippen LogP contribution in [0.25, 0.3) is 0 Å². The van der Waals surface area contributed by atoms with E-state index in [1.807, 2.05) is 0 Å². The van der Waals surface area contributed by atoms with Crippen LogP contribution in [0.1, 0.15) is 12.8 Å². The Morgan fingerprint density at radius 1 is 1.20 bits per heavy atom. The van der Waals surface area contributed by atoms with E-state index in [-0.39, 0.29) is 0 Å². The maximum atomic E-state index is 5.52. The van der Waals surface area contributed by atoms with Gasteiger partial charge in [-0.1, -0.05) is 0 Å². The Bertz CT molecular complexity index is 159. The van der Waals surface area contributed by atoms with Gasteiger partial charge in [-0.05, 0) is 25.8 Å². The second-order valence-electron chi connectivity index (χ2n) is 4.40. The molecule has 2 saturated heterocycles. The smallest absolute Gasteiger partial charge is 0.0635 e. The Morgan fingerprint density at radius 3 is 2.60 bits per heavy atom. The van der Waals surface area contributed by atoms with Gasteiger partial charge in [-0.2, -0.15) is 0 Å². The minimum absolute atomic E-state index is 0.465. The van der Waals surface area contributed by atoms with Crippen LogP contribution in [-0.4, -0.2) is 52.1 Å². The summed E-state index contributed by atoms with van der Waals surface area (Å²) >= 11 is 0. The molecule has 0 aliphatic carbocycles. The van der Waals surface area contributed by atoms with E-state index in [0.717, 1.165) is 38.9 Å². The number of ether oxygens (including phenoxy) is 2. The zero-order valence-electron chi connectivity index (χ0n) is 9.50. The minimum Gasteiger partial charge on any atom is -0.381 e. The van der Waals surface area contributed by atoms with Crippen molar-refractivity contribution in [3.63, 3.8) is 0 Å². The molecule has 0 spiro atoms. The number of morpholine rings is 1. The van der Waals surface area contributed by atoms with Crippen molar-refractivity contribution < 1.29 is 9.47 Å². The Labute approximate surface area is 91.7 Å². The molecule has 0 saturated carbocycles. The average Bonchev–Trinajstić information content (AvgIpc) is 2.33. The highest BCUT2D eigenvalue weighted by Crippen LogP contribution is 2.21. The van der Waals surface area contributed by atoms with Crippen LogP contribution < -0.4 is 10.6 Å². The van der Waals surface area contributed by atoms with Crippen LogP contribution in [0.5, 0.6) is 0 Å². The van der Waals surface area contributed by atoms with Gasteiger partial charge in [0.2, 0.25) is 0 Å². The third kappa shape index (κ3) is 2.91. The Kier molecular flexibility index (Phi) is 4.38. The first-order valence-corrected chi connectivity index (χ1v) is 5.98. The van der Waals surface area contributed by atoms with E-state index in [9.17, 15) is 0 Å². The molecule has 4 heteroatoms. The van der Waals surface area contributed by atoms with Gasteiger partial charge < -0.3 is 20.1 Å². The molecule has 0 aromatic rings. The molecule has 2 aliphatic rings. The van der Waals surface area contributed by atoms with E-state index in [1.165, 1.54) is 12.8 Å². The van der Waals surface area contributed by atoms with Gasteiger partial charge in [-0.3, -0.25) is 0 Å². The van der Waals surface area contributed by atoms with Gasteiger partial charge >= 0.3 is 0 Å². The van der Waals surface area contributed by atoms with Crippen LogP contribution >= 0.6 is 0 Å². The zero-order chi connectivity index (χ0) is 10.5. The molecule has 2 atom stereocenters. The standard InChI is InChI=1S/C11H22N2O2/c1-12-11(9-2-5-14-6-3-9)10-8-15-7-4-13-10/h9-13H,2-8H2,1H3. The molecule has 2 heterocycles. The lowest BCUT2D eigenvalue weighted by Crippen LogP contribution is -2.56. The quantitative estimate of drug-likeness (QED) is 0.693. The summed E-state index contributed by atoms with van der Waals surface area (Å²) in [6.07, 6.45) is 2.34. The molecule has 2 aliphatic heterocycles. The minimum atomic E-state index is 0.465. The highest BCUT2D eigenvalue weighted by Gasteiger charge is 2.30. The molecule has 88 valence electrons. The summed E-state index contributed by atoms with van der Waals surface area (Å²) in [5.74, 6) is 0.725. The molecule has 4 nitrogen and oxygen atoms in total. The van der Waals surface area contributed by atoms with Gasteiger partial charge in [0.1, 0.15) is 0 Å². The summed E-state index contributed by atoms with van der Waals surface area (Å²) in [5.41, 5.74) is 0. The molecule has 2 N–H and O–H groups in total. The fraction of sp³-hybridized carbons (Fsp3) is 1.00. The van der Waals surface area contributed by atoms with Crippen molar-refractivity contribution >= 4 is 0 Å². The van der Waals surface area contributed by atoms with Crippen molar-refractivity contribution in [2.45, 2.75) is 24.9 Å². The Hall–Kier alpha value is -0.160. The summed E-state index contributed by atoms with van der Waals surface area (Å²) in [4.78, 5) is 0. The lowest BCUT2D eigenvalue weighted by molar-refractivity contribution is 0.0214. The zero-order valence-corrected chi connectivity index (χ0v) is 9.50. The van der Waals surface area contributed by atoms with Crippen molar-refractivity contribution in [1.82, 2.24) is 10.6 Å². The second-order valence-corrected chi connectivity index (χ2v) is 4.40. The fourth-order valence-electron chi connectivity index (χ4n) is 2.66. The van der Waals surface area contributed by atoms with Crippen LogP contribution in [0.3, 0.4) is 0 Å². The first-order valence-electron chi connectivity index (χ1n) is 5.98.